The van der Waals surface area contributed by atoms with E-state index >= 15 is 0 Å². The van der Waals surface area contributed by atoms with E-state index in [4.69, 9.17) is 10.7 Å². The highest BCUT2D eigenvalue weighted by atomic mass is 35.7. The molecule has 0 amide bonds. The Morgan fingerprint density at radius 1 is 1.50 bits per heavy atom. The Kier molecular flexibility index (Phi) is 1.97. The predicted octanol–water partition coefficient (Wildman–Crippen LogP) is 0.896. The Hall–Kier alpha value is -1.14. The molecule has 74 valence electrons. The highest BCUT2D eigenvalue weighted by Gasteiger charge is 2.18. The molecule has 0 unspecified atom stereocenters. The van der Waals surface area contributed by atoms with E-state index < -0.39 is 9.05 Å². The molecule has 14 heavy (non-hydrogen) atoms. The maximum Gasteiger partial charge on any atom is 0.263 e. The standard InChI is InChI=1S/C7H6ClN3O2S/c1-11-3-6(14(8,12)13)5-2-9-4-10-7(5)11/h2-4H,1H3. The first-order chi connectivity index (χ1) is 6.50. The summed E-state index contributed by atoms with van der Waals surface area (Å²) in [6.45, 7) is 0. The van der Waals surface area contributed by atoms with Crippen LogP contribution in [0.5, 0.6) is 0 Å². The smallest absolute Gasteiger partial charge is 0.263 e. The van der Waals surface area contributed by atoms with Crippen LogP contribution in [0.15, 0.2) is 23.6 Å². The van der Waals surface area contributed by atoms with Crippen LogP contribution < -0.4 is 0 Å². The fourth-order valence-electron chi connectivity index (χ4n) is 1.28. The summed E-state index contributed by atoms with van der Waals surface area (Å²) in [7, 11) is 3.21. The molecule has 0 aromatic carbocycles. The van der Waals surface area contributed by atoms with Crippen molar-refractivity contribution in [2.45, 2.75) is 4.90 Å². The molecule has 0 spiro atoms. The molecule has 2 heterocycles. The van der Waals surface area contributed by atoms with E-state index in [1.54, 1.807) is 11.6 Å². The van der Waals surface area contributed by atoms with Gasteiger partial charge >= 0.3 is 0 Å². The van der Waals surface area contributed by atoms with Gasteiger partial charge in [-0.05, 0) is 0 Å². The van der Waals surface area contributed by atoms with E-state index in [0.29, 0.717) is 11.0 Å². The molecule has 7 heteroatoms. The summed E-state index contributed by atoms with van der Waals surface area (Å²) in [4.78, 5) is 7.74. The van der Waals surface area contributed by atoms with Crippen LogP contribution >= 0.6 is 10.7 Å². The van der Waals surface area contributed by atoms with E-state index in [2.05, 4.69) is 9.97 Å². The monoisotopic (exact) mass is 231 g/mol. The van der Waals surface area contributed by atoms with Crippen molar-refractivity contribution in [2.75, 3.05) is 0 Å². The van der Waals surface area contributed by atoms with Crippen molar-refractivity contribution in [2.24, 2.45) is 7.05 Å². The zero-order chi connectivity index (χ0) is 10.3. The maximum atomic E-state index is 11.2. The van der Waals surface area contributed by atoms with Gasteiger partial charge in [-0.3, -0.25) is 0 Å². The van der Waals surface area contributed by atoms with E-state index in [9.17, 15) is 8.42 Å². The van der Waals surface area contributed by atoms with Crippen LogP contribution in [0.4, 0.5) is 0 Å². The van der Waals surface area contributed by atoms with Crippen LogP contribution in [0.1, 0.15) is 0 Å². The molecular formula is C7H6ClN3O2S. The third kappa shape index (κ3) is 1.36. The van der Waals surface area contributed by atoms with Gasteiger partial charge in [0.2, 0.25) is 0 Å². The van der Waals surface area contributed by atoms with Gasteiger partial charge in [0.1, 0.15) is 16.9 Å². The van der Waals surface area contributed by atoms with Gasteiger partial charge in [-0.15, -0.1) is 0 Å². The number of aryl methyl sites for hydroxylation is 1. The molecule has 0 aliphatic heterocycles. The molecule has 2 aromatic heterocycles. The first-order valence-corrected chi connectivity index (χ1v) is 6.01. The Morgan fingerprint density at radius 3 is 2.86 bits per heavy atom. The summed E-state index contributed by atoms with van der Waals surface area (Å²) < 4.78 is 23.9. The van der Waals surface area contributed by atoms with E-state index in [1.165, 1.54) is 18.7 Å². The second-order valence-corrected chi connectivity index (χ2v) is 5.34. The molecule has 0 saturated carbocycles. The molecule has 0 fully saturated rings. The highest BCUT2D eigenvalue weighted by Crippen LogP contribution is 2.24. The molecule has 0 aliphatic rings. The molecule has 2 rings (SSSR count). The number of hydrogen-bond donors (Lipinski definition) is 0. The molecule has 0 saturated heterocycles. The van der Waals surface area contributed by atoms with E-state index in [-0.39, 0.29) is 4.90 Å². The minimum atomic E-state index is -3.74. The fourth-order valence-corrected chi connectivity index (χ4v) is 2.34. The number of rotatable bonds is 1. The molecule has 0 atom stereocenters. The Labute approximate surface area is 84.8 Å². The number of halogens is 1. The van der Waals surface area contributed by atoms with Crippen molar-refractivity contribution < 1.29 is 8.42 Å². The van der Waals surface area contributed by atoms with Crippen LogP contribution in [0.25, 0.3) is 11.0 Å². The summed E-state index contributed by atoms with van der Waals surface area (Å²) in [5.41, 5.74) is 0.541. The normalized spacial score (nSPS) is 12.1. The highest BCUT2D eigenvalue weighted by molar-refractivity contribution is 8.14. The van der Waals surface area contributed by atoms with Crippen molar-refractivity contribution in [3.05, 3.63) is 18.7 Å². The van der Waals surface area contributed by atoms with Gasteiger partial charge in [-0.25, -0.2) is 18.4 Å². The van der Waals surface area contributed by atoms with Gasteiger partial charge in [0.15, 0.2) is 0 Å². The number of nitrogens with zero attached hydrogens (tertiary/aromatic N) is 3. The van der Waals surface area contributed by atoms with Crippen molar-refractivity contribution in [3.63, 3.8) is 0 Å². The minimum absolute atomic E-state index is 0.0391. The number of fused-ring (bicyclic) bond motifs is 1. The fraction of sp³-hybridized carbons (Fsp3) is 0.143. The van der Waals surface area contributed by atoms with Crippen LogP contribution in [0.2, 0.25) is 0 Å². The average Bonchev–Trinajstić information content (AvgIpc) is 2.44. The lowest BCUT2D eigenvalue weighted by Crippen LogP contribution is -1.88. The second-order valence-electron chi connectivity index (χ2n) is 2.80. The first kappa shape index (κ1) is 9.42. The Bertz CT molecular complexity index is 590. The second kappa shape index (κ2) is 2.93. The largest absolute Gasteiger partial charge is 0.334 e. The molecular weight excluding hydrogens is 226 g/mol. The Morgan fingerprint density at radius 2 is 2.21 bits per heavy atom. The molecule has 0 aliphatic carbocycles. The molecule has 2 aromatic rings. The molecule has 0 bridgehead atoms. The van der Waals surface area contributed by atoms with Gasteiger partial charge in [0, 0.05) is 30.1 Å². The molecule has 0 N–H and O–H groups in total. The number of aromatic nitrogens is 3. The first-order valence-electron chi connectivity index (χ1n) is 3.70. The third-order valence-corrected chi connectivity index (χ3v) is 3.21. The summed E-state index contributed by atoms with van der Waals surface area (Å²) in [6.07, 6.45) is 4.20. The van der Waals surface area contributed by atoms with Crippen LogP contribution in [-0.4, -0.2) is 23.0 Å². The van der Waals surface area contributed by atoms with Gasteiger partial charge in [0.05, 0.1) is 5.39 Å². The van der Waals surface area contributed by atoms with Gasteiger partial charge < -0.3 is 4.57 Å². The zero-order valence-corrected chi connectivity index (χ0v) is 8.75. The van der Waals surface area contributed by atoms with Crippen molar-refractivity contribution in [1.29, 1.82) is 0 Å². The van der Waals surface area contributed by atoms with Gasteiger partial charge in [-0.2, -0.15) is 0 Å². The van der Waals surface area contributed by atoms with E-state index in [0.717, 1.165) is 0 Å². The minimum Gasteiger partial charge on any atom is -0.334 e. The summed E-state index contributed by atoms with van der Waals surface area (Å²) in [5, 5.41) is 0.435. The number of hydrogen-bond acceptors (Lipinski definition) is 4. The van der Waals surface area contributed by atoms with Crippen molar-refractivity contribution in [1.82, 2.24) is 14.5 Å². The topological polar surface area (TPSA) is 64.8 Å². The molecule has 5 nitrogen and oxygen atoms in total. The quantitative estimate of drug-likeness (QED) is 0.684. The summed E-state index contributed by atoms with van der Waals surface area (Å²) >= 11 is 0. The SMILES string of the molecule is Cn1cc(S(=O)(=O)Cl)c2cncnc21. The van der Waals surface area contributed by atoms with Gasteiger partial charge in [0.25, 0.3) is 9.05 Å². The summed E-state index contributed by atoms with van der Waals surface area (Å²) in [5.74, 6) is 0. The lowest BCUT2D eigenvalue weighted by molar-refractivity contribution is 0.610. The lowest BCUT2D eigenvalue weighted by atomic mass is 10.4. The van der Waals surface area contributed by atoms with Crippen LogP contribution in [0, 0.1) is 0 Å². The maximum absolute atomic E-state index is 11.2. The van der Waals surface area contributed by atoms with Gasteiger partial charge in [-0.1, -0.05) is 0 Å². The summed E-state index contributed by atoms with van der Waals surface area (Å²) in [6, 6.07) is 0. The third-order valence-electron chi connectivity index (χ3n) is 1.86. The van der Waals surface area contributed by atoms with Crippen LogP contribution in [-0.2, 0) is 16.1 Å². The Balaban J connectivity index is 2.93. The lowest BCUT2D eigenvalue weighted by Gasteiger charge is -1.91. The van der Waals surface area contributed by atoms with Crippen molar-refractivity contribution in [3.8, 4) is 0 Å². The average molecular weight is 232 g/mol. The van der Waals surface area contributed by atoms with Crippen molar-refractivity contribution >= 4 is 30.8 Å². The molecule has 0 radical (unpaired) electrons. The van der Waals surface area contributed by atoms with E-state index in [1.807, 2.05) is 0 Å². The predicted molar refractivity (Wildman–Crippen MR) is 51.5 cm³/mol. The zero-order valence-electron chi connectivity index (χ0n) is 7.18. The van der Waals surface area contributed by atoms with Crippen LogP contribution in [0.3, 0.4) is 0 Å².